The highest BCUT2D eigenvalue weighted by atomic mass is 16.5. The number of amides is 1. The Morgan fingerprint density at radius 3 is 2.64 bits per heavy atom. The molecule has 1 atom stereocenters. The van der Waals surface area contributed by atoms with Crippen LogP contribution in [0.2, 0.25) is 0 Å². The van der Waals surface area contributed by atoms with E-state index in [2.05, 4.69) is 5.32 Å². The van der Waals surface area contributed by atoms with Gasteiger partial charge in [-0.1, -0.05) is 0 Å². The lowest BCUT2D eigenvalue weighted by Gasteiger charge is -2.08. The maximum absolute atomic E-state index is 11.0. The molecule has 0 heterocycles. The molecule has 82 valence electrons. The number of carbonyl (C=O) groups is 2. The normalized spacial score (nSPS) is 12.1. The molecule has 0 aliphatic rings. The molecule has 1 amide bonds. The molecule has 0 aliphatic carbocycles. The van der Waals surface area contributed by atoms with Gasteiger partial charge in [-0.25, -0.2) is 4.79 Å². The second kappa shape index (κ2) is 7.28. The molecule has 6 nitrogen and oxygen atoms in total. The van der Waals surface area contributed by atoms with Gasteiger partial charge in [0.1, 0.15) is 6.61 Å². The molecule has 2 N–H and O–H groups in total. The first kappa shape index (κ1) is 12.9. The molecule has 0 saturated carbocycles. The molecule has 0 aromatic carbocycles. The van der Waals surface area contributed by atoms with Gasteiger partial charge in [-0.05, 0) is 6.92 Å². The molecular formula is C8H15NO5. The Balaban J connectivity index is 3.48. The summed E-state index contributed by atoms with van der Waals surface area (Å²) in [5.41, 5.74) is 0. The second-order valence-electron chi connectivity index (χ2n) is 2.63. The molecule has 0 spiro atoms. The van der Waals surface area contributed by atoms with Crippen LogP contribution in [0.5, 0.6) is 0 Å². The highest BCUT2D eigenvalue weighted by Crippen LogP contribution is 1.89. The SMILES string of the molecule is COCCNC(=O)COC(C)C(=O)O. The van der Waals surface area contributed by atoms with Crippen LogP contribution >= 0.6 is 0 Å². The average molecular weight is 205 g/mol. The molecule has 0 rings (SSSR count). The predicted molar refractivity (Wildman–Crippen MR) is 47.9 cm³/mol. The van der Waals surface area contributed by atoms with E-state index in [1.54, 1.807) is 0 Å². The van der Waals surface area contributed by atoms with Crippen molar-refractivity contribution < 1.29 is 24.2 Å². The maximum atomic E-state index is 11.0. The van der Waals surface area contributed by atoms with Gasteiger partial charge in [-0.15, -0.1) is 0 Å². The summed E-state index contributed by atoms with van der Waals surface area (Å²) >= 11 is 0. The van der Waals surface area contributed by atoms with Crippen molar-refractivity contribution in [2.75, 3.05) is 26.9 Å². The van der Waals surface area contributed by atoms with Crippen molar-refractivity contribution >= 4 is 11.9 Å². The third-order valence-corrected chi connectivity index (χ3v) is 1.44. The zero-order chi connectivity index (χ0) is 11.0. The van der Waals surface area contributed by atoms with Crippen LogP contribution in [0.25, 0.3) is 0 Å². The standard InChI is InChI=1S/C8H15NO5/c1-6(8(11)12)14-5-7(10)9-3-4-13-2/h6H,3-5H2,1-2H3,(H,9,10)(H,11,12). The van der Waals surface area contributed by atoms with E-state index in [1.165, 1.54) is 14.0 Å². The number of nitrogens with one attached hydrogen (secondary N) is 1. The van der Waals surface area contributed by atoms with Gasteiger partial charge in [0.25, 0.3) is 0 Å². The number of carboxylic acid groups (broad SMARTS) is 1. The van der Waals surface area contributed by atoms with Crippen LogP contribution < -0.4 is 5.32 Å². The Kier molecular flexibility index (Phi) is 6.69. The summed E-state index contributed by atoms with van der Waals surface area (Å²) in [6.07, 6.45) is -0.969. The second-order valence-corrected chi connectivity index (χ2v) is 2.63. The van der Waals surface area contributed by atoms with Gasteiger partial charge in [-0.3, -0.25) is 4.79 Å². The monoisotopic (exact) mass is 205 g/mol. The molecule has 6 heteroatoms. The lowest BCUT2D eigenvalue weighted by Crippen LogP contribution is -2.33. The summed E-state index contributed by atoms with van der Waals surface area (Å²) in [6, 6.07) is 0. The minimum Gasteiger partial charge on any atom is -0.479 e. The minimum atomic E-state index is -1.09. The van der Waals surface area contributed by atoms with Crippen molar-refractivity contribution in [1.29, 1.82) is 0 Å². The van der Waals surface area contributed by atoms with E-state index >= 15 is 0 Å². The Labute approximate surface area is 82.2 Å². The first-order valence-corrected chi connectivity index (χ1v) is 4.18. The summed E-state index contributed by atoms with van der Waals surface area (Å²) in [4.78, 5) is 21.3. The zero-order valence-electron chi connectivity index (χ0n) is 8.28. The summed E-state index contributed by atoms with van der Waals surface area (Å²) < 4.78 is 9.45. The number of hydrogen-bond donors (Lipinski definition) is 2. The molecule has 0 aromatic heterocycles. The number of hydrogen-bond acceptors (Lipinski definition) is 4. The maximum Gasteiger partial charge on any atom is 0.332 e. The fraction of sp³-hybridized carbons (Fsp3) is 0.750. The fourth-order valence-electron chi connectivity index (χ4n) is 0.616. The van der Waals surface area contributed by atoms with Crippen molar-refractivity contribution in [2.24, 2.45) is 0 Å². The van der Waals surface area contributed by atoms with Gasteiger partial charge in [0.2, 0.25) is 5.91 Å². The Hall–Kier alpha value is -1.14. The topological polar surface area (TPSA) is 84.9 Å². The van der Waals surface area contributed by atoms with E-state index in [0.29, 0.717) is 13.2 Å². The fourth-order valence-corrected chi connectivity index (χ4v) is 0.616. The van der Waals surface area contributed by atoms with Crippen molar-refractivity contribution in [3.63, 3.8) is 0 Å². The Bertz CT molecular complexity index is 194. The third-order valence-electron chi connectivity index (χ3n) is 1.44. The lowest BCUT2D eigenvalue weighted by molar-refractivity contribution is -0.150. The zero-order valence-corrected chi connectivity index (χ0v) is 8.28. The van der Waals surface area contributed by atoms with Crippen LogP contribution in [0.15, 0.2) is 0 Å². The molecule has 0 bridgehead atoms. The number of methoxy groups -OCH3 is 1. The molecule has 0 aliphatic heterocycles. The van der Waals surface area contributed by atoms with E-state index in [1.807, 2.05) is 0 Å². The first-order chi connectivity index (χ1) is 6.57. The van der Waals surface area contributed by atoms with Crippen LogP contribution in [-0.2, 0) is 19.1 Å². The van der Waals surface area contributed by atoms with E-state index in [9.17, 15) is 9.59 Å². The van der Waals surface area contributed by atoms with Crippen molar-refractivity contribution in [3.05, 3.63) is 0 Å². The van der Waals surface area contributed by atoms with E-state index < -0.39 is 12.1 Å². The van der Waals surface area contributed by atoms with Crippen LogP contribution in [0, 0.1) is 0 Å². The lowest BCUT2D eigenvalue weighted by atomic mass is 10.4. The van der Waals surface area contributed by atoms with Crippen LogP contribution in [0.4, 0.5) is 0 Å². The Morgan fingerprint density at radius 2 is 2.14 bits per heavy atom. The largest absolute Gasteiger partial charge is 0.479 e. The van der Waals surface area contributed by atoms with Gasteiger partial charge in [0.05, 0.1) is 6.61 Å². The average Bonchev–Trinajstić information content (AvgIpc) is 2.14. The van der Waals surface area contributed by atoms with Gasteiger partial charge < -0.3 is 19.9 Å². The molecule has 1 unspecified atom stereocenters. The van der Waals surface area contributed by atoms with Crippen molar-refractivity contribution in [3.8, 4) is 0 Å². The number of ether oxygens (including phenoxy) is 2. The smallest absolute Gasteiger partial charge is 0.332 e. The highest BCUT2D eigenvalue weighted by Gasteiger charge is 2.12. The number of rotatable bonds is 7. The van der Waals surface area contributed by atoms with E-state index in [4.69, 9.17) is 14.6 Å². The van der Waals surface area contributed by atoms with Crippen molar-refractivity contribution in [1.82, 2.24) is 5.32 Å². The van der Waals surface area contributed by atoms with Crippen LogP contribution in [0.3, 0.4) is 0 Å². The summed E-state index contributed by atoms with van der Waals surface area (Å²) in [6.45, 7) is 1.92. The first-order valence-electron chi connectivity index (χ1n) is 4.18. The molecule has 0 aromatic rings. The van der Waals surface area contributed by atoms with E-state index in [0.717, 1.165) is 0 Å². The Morgan fingerprint density at radius 1 is 1.50 bits per heavy atom. The molecule has 0 radical (unpaired) electrons. The third kappa shape index (κ3) is 6.38. The summed E-state index contributed by atoms with van der Waals surface area (Å²) in [5.74, 6) is -1.44. The number of carboxylic acids is 1. The molecular weight excluding hydrogens is 190 g/mol. The van der Waals surface area contributed by atoms with Crippen molar-refractivity contribution in [2.45, 2.75) is 13.0 Å². The number of aliphatic carboxylic acids is 1. The van der Waals surface area contributed by atoms with Crippen LogP contribution in [-0.4, -0.2) is 50.0 Å². The van der Waals surface area contributed by atoms with Gasteiger partial charge >= 0.3 is 5.97 Å². The van der Waals surface area contributed by atoms with Gasteiger partial charge in [0, 0.05) is 13.7 Å². The minimum absolute atomic E-state index is 0.253. The number of carbonyl (C=O) groups excluding carboxylic acids is 1. The quantitative estimate of drug-likeness (QED) is 0.533. The van der Waals surface area contributed by atoms with Gasteiger partial charge in [-0.2, -0.15) is 0 Å². The summed E-state index contributed by atoms with van der Waals surface area (Å²) in [5, 5.41) is 10.9. The van der Waals surface area contributed by atoms with Gasteiger partial charge in [0.15, 0.2) is 6.10 Å². The summed E-state index contributed by atoms with van der Waals surface area (Å²) in [7, 11) is 1.52. The van der Waals surface area contributed by atoms with Crippen LogP contribution in [0.1, 0.15) is 6.92 Å². The predicted octanol–water partition coefficient (Wildman–Crippen LogP) is -0.761. The molecule has 14 heavy (non-hydrogen) atoms. The van der Waals surface area contributed by atoms with E-state index in [-0.39, 0.29) is 12.5 Å². The molecule has 0 fully saturated rings. The highest BCUT2D eigenvalue weighted by molar-refractivity contribution is 5.78. The molecule has 0 saturated heterocycles.